The fourth-order valence-corrected chi connectivity index (χ4v) is 2.49. The number of hydroxylamine groups is 1. The average Bonchev–Trinajstić information content (AvgIpc) is 2.65. The predicted octanol–water partition coefficient (Wildman–Crippen LogP) is 1.68. The Labute approximate surface area is 136 Å². The first-order chi connectivity index (χ1) is 9.93. The molecule has 0 saturated heterocycles. The molecule has 22 heavy (non-hydrogen) atoms. The monoisotopic (exact) mass is 326 g/mol. The fourth-order valence-electron chi connectivity index (χ4n) is 2.49. The lowest BCUT2D eigenvalue weighted by Gasteiger charge is -2.31. The third-order valence-corrected chi connectivity index (χ3v) is 3.76. The highest BCUT2D eigenvalue weighted by Gasteiger charge is 2.29. The van der Waals surface area contributed by atoms with Crippen molar-refractivity contribution in [2.45, 2.75) is 33.4 Å². The molecular weight excluding hydrogens is 304 g/mol. The van der Waals surface area contributed by atoms with E-state index in [2.05, 4.69) is 0 Å². The molecule has 1 aliphatic rings. The van der Waals surface area contributed by atoms with Crippen LogP contribution in [0.4, 0.5) is 0 Å². The molecule has 0 aliphatic carbocycles. The molecule has 1 aromatic rings. The Kier molecular flexibility index (Phi) is 6.25. The van der Waals surface area contributed by atoms with Gasteiger partial charge in [0, 0.05) is 24.6 Å². The van der Waals surface area contributed by atoms with E-state index in [0.717, 1.165) is 5.56 Å². The second kappa shape index (κ2) is 7.51. The van der Waals surface area contributed by atoms with Crippen LogP contribution in [0.2, 0.25) is 0 Å². The summed E-state index contributed by atoms with van der Waals surface area (Å²) in [7, 11) is 0. The number of rotatable bonds is 2. The molecule has 0 unspecified atom stereocenters. The molecule has 2 N–H and O–H groups in total. The lowest BCUT2D eigenvalue weighted by atomic mass is 10.0. The van der Waals surface area contributed by atoms with Crippen LogP contribution in [-0.4, -0.2) is 34.6 Å². The molecular formula is C15H22N2O4S. The molecule has 1 aromatic carbocycles. The smallest absolute Gasteiger partial charge is 0.274 e. The highest BCUT2D eigenvalue weighted by Crippen LogP contribution is 2.28. The van der Waals surface area contributed by atoms with Crippen molar-refractivity contribution in [3.05, 3.63) is 29.3 Å². The van der Waals surface area contributed by atoms with Gasteiger partial charge >= 0.3 is 0 Å². The molecule has 0 aromatic heterocycles. The summed E-state index contributed by atoms with van der Waals surface area (Å²) in [5.74, 6) is 0.255. The summed E-state index contributed by atoms with van der Waals surface area (Å²) in [4.78, 5) is 25.1. The van der Waals surface area contributed by atoms with Crippen LogP contribution in [0.15, 0.2) is 18.2 Å². The van der Waals surface area contributed by atoms with Gasteiger partial charge in [-0.3, -0.25) is 14.8 Å². The van der Waals surface area contributed by atoms with Gasteiger partial charge in [-0.25, -0.2) is 5.48 Å². The van der Waals surface area contributed by atoms with Crippen LogP contribution in [0.3, 0.4) is 0 Å². The van der Waals surface area contributed by atoms with E-state index in [1.165, 1.54) is 0 Å². The summed E-state index contributed by atoms with van der Waals surface area (Å²) in [6.45, 7) is 6.48. The lowest BCUT2D eigenvalue weighted by Crippen LogP contribution is -2.43. The minimum Gasteiger partial charge on any atom is -0.491 e. The molecule has 0 saturated carbocycles. The van der Waals surface area contributed by atoms with Gasteiger partial charge in [0.15, 0.2) is 0 Å². The summed E-state index contributed by atoms with van der Waals surface area (Å²) in [6.07, 6.45) is 0. The van der Waals surface area contributed by atoms with Crippen LogP contribution in [0.25, 0.3) is 0 Å². The number of carbonyl (C=O) groups excluding carboxylic acids is 2. The van der Waals surface area contributed by atoms with Crippen LogP contribution < -0.4 is 10.2 Å². The molecule has 0 fully saturated rings. The number of hydrogen-bond acceptors (Lipinski definition) is 4. The molecule has 0 spiro atoms. The average molecular weight is 326 g/mol. The topological polar surface area (TPSA) is 78.9 Å². The van der Waals surface area contributed by atoms with Gasteiger partial charge in [-0.05, 0) is 18.1 Å². The minimum atomic E-state index is -0.588. The number of nitrogens with zero attached hydrogens (tertiary/aromatic N) is 1. The van der Waals surface area contributed by atoms with Crippen LogP contribution in [0.5, 0.6) is 5.75 Å². The summed E-state index contributed by atoms with van der Waals surface area (Å²) in [5, 5.41) is 8.68. The summed E-state index contributed by atoms with van der Waals surface area (Å²) in [5.41, 5.74) is 2.76. The molecule has 1 heterocycles. The number of benzene rings is 1. The van der Waals surface area contributed by atoms with Crippen molar-refractivity contribution < 1.29 is 19.5 Å². The molecule has 6 nitrogen and oxygen atoms in total. The van der Waals surface area contributed by atoms with Crippen LogP contribution in [-0.2, 0) is 11.3 Å². The Hall–Kier alpha value is -1.73. The zero-order valence-corrected chi connectivity index (χ0v) is 13.9. The molecule has 7 heteroatoms. The van der Waals surface area contributed by atoms with Crippen molar-refractivity contribution in [1.29, 1.82) is 0 Å². The van der Waals surface area contributed by atoms with Gasteiger partial charge in [0.2, 0.25) is 5.91 Å². The zero-order valence-electron chi connectivity index (χ0n) is 12.9. The van der Waals surface area contributed by atoms with E-state index < -0.39 is 5.91 Å². The Morgan fingerprint density at radius 1 is 1.41 bits per heavy atom. The van der Waals surface area contributed by atoms with Gasteiger partial charge in [0.1, 0.15) is 12.4 Å². The number of hydrogen-bond donors (Lipinski definition) is 2. The maximum absolute atomic E-state index is 11.9. The zero-order chi connectivity index (χ0) is 15.6. The van der Waals surface area contributed by atoms with Crippen molar-refractivity contribution in [1.82, 2.24) is 10.4 Å². The van der Waals surface area contributed by atoms with E-state index in [9.17, 15) is 9.59 Å². The second-order valence-corrected chi connectivity index (χ2v) is 5.53. The largest absolute Gasteiger partial charge is 0.491 e. The standard InChI is InChI=1S/C15H20N2O4.H2S/c1-9(2)13-8-21-14-6-11(15(19)16-20)4-5-12(14)7-17(13)10(3)18;/h4-6,9,13,20H,7-8H2,1-3H3,(H,16,19);1H2/t13-;/m1./s1. The first-order valence-corrected chi connectivity index (χ1v) is 6.91. The molecule has 0 radical (unpaired) electrons. The van der Waals surface area contributed by atoms with E-state index in [0.29, 0.717) is 24.5 Å². The lowest BCUT2D eigenvalue weighted by molar-refractivity contribution is -0.133. The van der Waals surface area contributed by atoms with E-state index >= 15 is 0 Å². The SMILES string of the molecule is CC(=O)N1Cc2ccc(C(=O)NO)cc2OC[C@@H]1C(C)C.S. The minimum absolute atomic E-state index is 0. The number of carbonyl (C=O) groups is 2. The van der Waals surface area contributed by atoms with Gasteiger partial charge in [-0.2, -0.15) is 13.5 Å². The van der Waals surface area contributed by atoms with Crippen LogP contribution in [0, 0.1) is 5.92 Å². The Bertz CT molecular complexity index is 562. The van der Waals surface area contributed by atoms with Crippen LogP contribution >= 0.6 is 13.5 Å². The van der Waals surface area contributed by atoms with Gasteiger partial charge in [-0.1, -0.05) is 19.9 Å². The first-order valence-electron chi connectivity index (χ1n) is 6.91. The van der Waals surface area contributed by atoms with E-state index in [1.807, 2.05) is 13.8 Å². The second-order valence-electron chi connectivity index (χ2n) is 5.53. The van der Waals surface area contributed by atoms with Gasteiger partial charge in [0.25, 0.3) is 5.91 Å². The van der Waals surface area contributed by atoms with Gasteiger partial charge < -0.3 is 9.64 Å². The van der Waals surface area contributed by atoms with E-state index in [-0.39, 0.29) is 31.4 Å². The molecule has 0 bridgehead atoms. The van der Waals surface area contributed by atoms with Crippen molar-refractivity contribution in [2.75, 3.05) is 6.61 Å². The molecule has 1 aliphatic heterocycles. The van der Waals surface area contributed by atoms with Crippen molar-refractivity contribution in [2.24, 2.45) is 5.92 Å². The number of fused-ring (bicyclic) bond motifs is 1. The van der Waals surface area contributed by atoms with Crippen molar-refractivity contribution in [3.63, 3.8) is 0 Å². The van der Waals surface area contributed by atoms with Gasteiger partial charge in [0.05, 0.1) is 6.04 Å². The first kappa shape index (κ1) is 18.3. The predicted molar refractivity (Wildman–Crippen MR) is 86.4 cm³/mol. The fraction of sp³-hybridized carbons (Fsp3) is 0.467. The summed E-state index contributed by atoms with van der Waals surface area (Å²) in [6, 6.07) is 4.92. The van der Waals surface area contributed by atoms with E-state index in [4.69, 9.17) is 9.94 Å². The number of nitrogens with one attached hydrogen (secondary N) is 1. The van der Waals surface area contributed by atoms with Crippen molar-refractivity contribution >= 4 is 25.3 Å². The maximum atomic E-state index is 11.9. The molecule has 2 rings (SSSR count). The number of ether oxygens (including phenoxy) is 1. The Balaban J connectivity index is 0.00000242. The molecule has 1 atom stereocenters. The third-order valence-electron chi connectivity index (χ3n) is 3.76. The van der Waals surface area contributed by atoms with Gasteiger partial charge in [-0.15, -0.1) is 0 Å². The number of amides is 2. The quantitative estimate of drug-likeness (QED) is 0.640. The Morgan fingerprint density at radius 2 is 2.09 bits per heavy atom. The van der Waals surface area contributed by atoms with Crippen molar-refractivity contribution in [3.8, 4) is 5.75 Å². The summed E-state index contributed by atoms with van der Waals surface area (Å²) >= 11 is 0. The maximum Gasteiger partial charge on any atom is 0.274 e. The molecule has 2 amide bonds. The highest BCUT2D eigenvalue weighted by atomic mass is 32.1. The molecule has 122 valence electrons. The highest BCUT2D eigenvalue weighted by molar-refractivity contribution is 7.59. The summed E-state index contributed by atoms with van der Waals surface area (Å²) < 4.78 is 5.78. The normalized spacial score (nSPS) is 17.0. The Morgan fingerprint density at radius 3 is 2.64 bits per heavy atom. The van der Waals surface area contributed by atoms with E-state index in [1.54, 1.807) is 35.5 Å². The van der Waals surface area contributed by atoms with Crippen LogP contribution in [0.1, 0.15) is 36.7 Å². The third kappa shape index (κ3) is 3.72.